The predicted molar refractivity (Wildman–Crippen MR) is 102 cm³/mol. The number of hydrogen-bond acceptors (Lipinski definition) is 4. The first-order valence-corrected chi connectivity index (χ1v) is 11.0. The minimum absolute atomic E-state index is 0.0804. The van der Waals surface area contributed by atoms with Crippen LogP contribution in [0.4, 0.5) is 0 Å². The van der Waals surface area contributed by atoms with Crippen LogP contribution < -0.4 is 0 Å². The van der Waals surface area contributed by atoms with Crippen LogP contribution in [0.1, 0.15) is 18.4 Å². The molecule has 0 N–H and O–H groups in total. The Labute approximate surface area is 160 Å². The lowest BCUT2D eigenvalue weighted by molar-refractivity contribution is -0.138. The number of piperidine rings is 1. The third-order valence-corrected chi connectivity index (χ3v) is 7.23. The van der Waals surface area contributed by atoms with Crippen molar-refractivity contribution in [3.63, 3.8) is 0 Å². The van der Waals surface area contributed by atoms with Crippen LogP contribution in [0.15, 0.2) is 24.3 Å². The molecule has 6 nitrogen and oxygen atoms in total. The van der Waals surface area contributed by atoms with Crippen LogP contribution in [0.5, 0.6) is 0 Å². The molecule has 0 bridgehead atoms. The van der Waals surface area contributed by atoms with Crippen molar-refractivity contribution in [2.75, 3.05) is 46.3 Å². The predicted octanol–water partition coefficient (Wildman–Crippen LogP) is 1.66. The minimum Gasteiger partial charge on any atom is -0.340 e. The van der Waals surface area contributed by atoms with Crippen LogP contribution in [0, 0.1) is 5.92 Å². The van der Waals surface area contributed by atoms with Crippen LogP contribution in [-0.4, -0.2) is 74.7 Å². The van der Waals surface area contributed by atoms with Crippen molar-refractivity contribution >= 4 is 27.5 Å². The van der Waals surface area contributed by atoms with Crippen molar-refractivity contribution in [3.05, 3.63) is 34.9 Å². The summed E-state index contributed by atoms with van der Waals surface area (Å²) in [7, 11) is -1.42. The first kappa shape index (κ1) is 19.6. The van der Waals surface area contributed by atoms with Crippen molar-refractivity contribution < 1.29 is 13.2 Å². The molecule has 2 fully saturated rings. The highest BCUT2D eigenvalue weighted by molar-refractivity contribution is 7.88. The molecule has 1 amide bonds. The molecule has 0 aliphatic carbocycles. The van der Waals surface area contributed by atoms with Gasteiger partial charge in [0, 0.05) is 44.3 Å². The fraction of sp³-hybridized carbons (Fsp3) is 0.611. The Hall–Kier alpha value is -1.15. The van der Waals surface area contributed by atoms with Crippen molar-refractivity contribution in [2.24, 2.45) is 5.92 Å². The number of rotatable bonds is 4. The fourth-order valence-electron chi connectivity index (χ4n) is 3.61. The van der Waals surface area contributed by atoms with Gasteiger partial charge in [-0.05, 0) is 37.6 Å². The lowest BCUT2D eigenvalue weighted by Gasteiger charge is -2.37. The van der Waals surface area contributed by atoms with Gasteiger partial charge in [0.25, 0.3) is 0 Å². The molecule has 1 aromatic rings. The number of piperazine rings is 1. The van der Waals surface area contributed by atoms with E-state index in [2.05, 4.69) is 4.90 Å². The van der Waals surface area contributed by atoms with Crippen molar-refractivity contribution in [3.8, 4) is 0 Å². The van der Waals surface area contributed by atoms with Gasteiger partial charge in [0.15, 0.2) is 0 Å². The van der Waals surface area contributed by atoms with Crippen molar-refractivity contribution in [1.29, 1.82) is 0 Å². The average Bonchev–Trinajstić information content (AvgIpc) is 2.61. The van der Waals surface area contributed by atoms with E-state index < -0.39 is 10.0 Å². The summed E-state index contributed by atoms with van der Waals surface area (Å²) in [4.78, 5) is 16.9. The van der Waals surface area contributed by atoms with E-state index >= 15 is 0 Å². The lowest BCUT2D eigenvalue weighted by Crippen LogP contribution is -2.52. The zero-order chi connectivity index (χ0) is 18.7. The molecule has 3 rings (SSSR count). The largest absolute Gasteiger partial charge is 0.340 e. The molecule has 2 aliphatic rings. The smallest absolute Gasteiger partial charge is 0.227 e. The number of likely N-dealkylation sites (N-methyl/N-ethyl adjacent to an activating group) is 1. The molecule has 0 radical (unpaired) electrons. The number of amides is 1. The molecule has 1 atom stereocenters. The molecule has 0 saturated carbocycles. The van der Waals surface area contributed by atoms with Crippen molar-refractivity contribution in [2.45, 2.75) is 18.6 Å². The van der Waals surface area contributed by atoms with Gasteiger partial charge in [-0.2, -0.15) is 0 Å². The molecule has 1 unspecified atom stereocenters. The van der Waals surface area contributed by atoms with Gasteiger partial charge in [-0.25, -0.2) is 12.7 Å². The van der Waals surface area contributed by atoms with Gasteiger partial charge in [0.2, 0.25) is 15.9 Å². The molecule has 0 spiro atoms. The van der Waals surface area contributed by atoms with E-state index in [4.69, 9.17) is 11.6 Å². The molecule has 0 aromatic heterocycles. The number of carbonyl (C=O) groups excluding carboxylic acids is 1. The monoisotopic (exact) mass is 399 g/mol. The van der Waals surface area contributed by atoms with Crippen LogP contribution in [-0.2, 0) is 20.6 Å². The Morgan fingerprint density at radius 1 is 1.19 bits per heavy atom. The third kappa shape index (κ3) is 4.76. The Bertz CT molecular complexity index is 748. The van der Waals surface area contributed by atoms with E-state index in [0.29, 0.717) is 17.1 Å². The minimum atomic E-state index is -3.46. The third-order valence-electron chi connectivity index (χ3n) is 5.18. The quantitative estimate of drug-likeness (QED) is 0.772. The zero-order valence-corrected chi connectivity index (χ0v) is 16.7. The van der Waals surface area contributed by atoms with Gasteiger partial charge in [0.05, 0.1) is 11.7 Å². The van der Waals surface area contributed by atoms with E-state index in [-0.39, 0.29) is 24.1 Å². The summed E-state index contributed by atoms with van der Waals surface area (Å²) in [5, 5.41) is 0.527. The molecule has 8 heteroatoms. The number of carbonyl (C=O) groups is 1. The first-order valence-electron chi connectivity index (χ1n) is 9.05. The second-order valence-corrected chi connectivity index (χ2v) is 9.62. The van der Waals surface area contributed by atoms with Crippen LogP contribution in [0.2, 0.25) is 5.02 Å². The van der Waals surface area contributed by atoms with Gasteiger partial charge in [-0.3, -0.25) is 4.79 Å². The number of benzene rings is 1. The number of sulfonamides is 1. The van der Waals surface area contributed by atoms with E-state index in [1.165, 1.54) is 4.31 Å². The Balaban J connectivity index is 1.64. The van der Waals surface area contributed by atoms with Crippen LogP contribution >= 0.6 is 11.6 Å². The molecule has 2 aliphatic heterocycles. The van der Waals surface area contributed by atoms with Gasteiger partial charge in [-0.1, -0.05) is 23.7 Å². The lowest BCUT2D eigenvalue weighted by atomic mass is 9.98. The highest BCUT2D eigenvalue weighted by Gasteiger charge is 2.34. The second-order valence-electron chi connectivity index (χ2n) is 7.21. The second kappa shape index (κ2) is 8.25. The summed E-state index contributed by atoms with van der Waals surface area (Å²) in [6.07, 6.45) is 1.48. The average molecular weight is 400 g/mol. The standard InChI is InChI=1S/C18H26ClN3O3S/c1-20-8-10-21(11-9-20)18(23)16-5-3-7-22(13-16)26(24,25)14-15-4-2-6-17(19)12-15/h2,4,6,12,16H,3,5,7-11,13-14H2,1H3. The van der Waals surface area contributed by atoms with E-state index in [9.17, 15) is 13.2 Å². The highest BCUT2D eigenvalue weighted by Crippen LogP contribution is 2.24. The SMILES string of the molecule is CN1CCN(C(=O)C2CCCN(S(=O)(=O)Cc3cccc(Cl)c3)C2)CC1. The van der Waals surface area contributed by atoms with Crippen molar-refractivity contribution in [1.82, 2.24) is 14.1 Å². The van der Waals surface area contributed by atoms with E-state index in [1.54, 1.807) is 24.3 Å². The Morgan fingerprint density at radius 3 is 2.62 bits per heavy atom. The number of halogens is 1. The van der Waals surface area contributed by atoms with Gasteiger partial charge < -0.3 is 9.80 Å². The summed E-state index contributed by atoms with van der Waals surface area (Å²) >= 11 is 5.96. The normalized spacial score (nSPS) is 23.2. The summed E-state index contributed by atoms with van der Waals surface area (Å²) in [5.41, 5.74) is 0.671. The Morgan fingerprint density at radius 2 is 1.92 bits per heavy atom. The van der Waals surface area contributed by atoms with Crippen LogP contribution in [0.3, 0.4) is 0 Å². The molecular weight excluding hydrogens is 374 g/mol. The van der Waals surface area contributed by atoms with E-state index in [1.807, 2.05) is 11.9 Å². The summed E-state index contributed by atoms with van der Waals surface area (Å²) in [5.74, 6) is -0.217. The zero-order valence-electron chi connectivity index (χ0n) is 15.1. The fourth-order valence-corrected chi connectivity index (χ4v) is 5.42. The summed E-state index contributed by atoms with van der Waals surface area (Å²) in [6, 6.07) is 6.92. The van der Waals surface area contributed by atoms with Crippen LogP contribution in [0.25, 0.3) is 0 Å². The summed E-state index contributed by atoms with van der Waals surface area (Å²) in [6.45, 7) is 3.95. The number of nitrogens with zero attached hydrogens (tertiary/aromatic N) is 3. The van der Waals surface area contributed by atoms with Gasteiger partial charge >= 0.3 is 0 Å². The molecular formula is C18H26ClN3O3S. The first-order chi connectivity index (χ1) is 12.3. The molecule has 2 saturated heterocycles. The number of hydrogen-bond donors (Lipinski definition) is 0. The molecule has 1 aromatic carbocycles. The maximum Gasteiger partial charge on any atom is 0.227 e. The molecule has 144 valence electrons. The molecule has 26 heavy (non-hydrogen) atoms. The maximum atomic E-state index is 12.8. The maximum absolute atomic E-state index is 12.8. The highest BCUT2D eigenvalue weighted by atomic mass is 35.5. The summed E-state index contributed by atoms with van der Waals surface area (Å²) < 4.78 is 27.1. The van der Waals surface area contributed by atoms with E-state index in [0.717, 1.165) is 39.0 Å². The van der Waals surface area contributed by atoms with Gasteiger partial charge in [-0.15, -0.1) is 0 Å². The topological polar surface area (TPSA) is 60.9 Å². The molecule has 2 heterocycles. The van der Waals surface area contributed by atoms with Gasteiger partial charge in [0.1, 0.15) is 0 Å². The Kier molecular flexibility index (Phi) is 6.22.